The lowest BCUT2D eigenvalue weighted by molar-refractivity contribution is 0.174. The zero-order valence-corrected chi connectivity index (χ0v) is 18.5. The van der Waals surface area contributed by atoms with E-state index in [4.69, 9.17) is 18.5 Å². The van der Waals surface area contributed by atoms with Gasteiger partial charge in [-0.3, -0.25) is 9.36 Å². The van der Waals surface area contributed by atoms with Gasteiger partial charge in [-0.1, -0.05) is 17.7 Å². The number of hydrogen-bond acceptors (Lipinski definition) is 7. The SMILES string of the molecule is CCOP(=O)(OCC)C(Nc1ccc(C)cc1)c1cc2cc3c(cc2[nH]c1=O)OCO3. The van der Waals surface area contributed by atoms with E-state index in [0.717, 1.165) is 5.56 Å². The number of hydrogen-bond donors (Lipinski definition) is 2. The van der Waals surface area contributed by atoms with Crippen LogP contribution in [0.25, 0.3) is 10.9 Å². The van der Waals surface area contributed by atoms with Crippen LogP contribution in [0.4, 0.5) is 5.69 Å². The molecule has 3 aromatic rings. The van der Waals surface area contributed by atoms with E-state index in [1.807, 2.05) is 31.2 Å². The van der Waals surface area contributed by atoms with Crippen molar-refractivity contribution < 1.29 is 23.1 Å². The number of aromatic amines is 1. The Hall–Kier alpha value is -2.80. The average Bonchev–Trinajstić information content (AvgIpc) is 3.19. The van der Waals surface area contributed by atoms with Crippen LogP contribution in [-0.4, -0.2) is 25.0 Å². The Morgan fingerprint density at radius 2 is 1.71 bits per heavy atom. The maximum absolute atomic E-state index is 13.8. The molecule has 164 valence electrons. The van der Waals surface area contributed by atoms with Crippen molar-refractivity contribution in [1.29, 1.82) is 0 Å². The molecular formula is C22H25N2O6P. The van der Waals surface area contributed by atoms with E-state index in [0.29, 0.717) is 28.1 Å². The maximum Gasteiger partial charge on any atom is 0.357 e. The minimum Gasteiger partial charge on any atom is -0.454 e. The molecule has 0 spiro atoms. The Bertz CT molecular complexity index is 1180. The number of rotatable bonds is 8. The summed E-state index contributed by atoms with van der Waals surface area (Å²) in [5, 5.41) is 3.92. The van der Waals surface area contributed by atoms with Gasteiger partial charge in [0.05, 0.1) is 24.3 Å². The van der Waals surface area contributed by atoms with Crippen molar-refractivity contribution in [2.45, 2.75) is 26.6 Å². The van der Waals surface area contributed by atoms with E-state index in [9.17, 15) is 9.36 Å². The third-order valence-corrected chi connectivity index (χ3v) is 7.23. The number of nitrogens with one attached hydrogen (secondary N) is 2. The molecule has 1 aliphatic rings. The van der Waals surface area contributed by atoms with Crippen LogP contribution in [0.3, 0.4) is 0 Å². The summed E-state index contributed by atoms with van der Waals surface area (Å²) in [5.74, 6) is 0.152. The maximum atomic E-state index is 13.8. The van der Waals surface area contributed by atoms with Gasteiger partial charge < -0.3 is 28.8 Å². The van der Waals surface area contributed by atoms with Gasteiger partial charge in [-0.25, -0.2) is 0 Å². The van der Waals surface area contributed by atoms with Crippen LogP contribution < -0.4 is 20.3 Å². The Balaban J connectivity index is 1.85. The highest BCUT2D eigenvalue weighted by molar-refractivity contribution is 7.54. The molecule has 1 aliphatic heterocycles. The van der Waals surface area contributed by atoms with Gasteiger partial charge in [-0.15, -0.1) is 0 Å². The molecule has 2 heterocycles. The van der Waals surface area contributed by atoms with Gasteiger partial charge in [0, 0.05) is 17.1 Å². The predicted molar refractivity (Wildman–Crippen MR) is 119 cm³/mol. The summed E-state index contributed by atoms with van der Waals surface area (Å²) in [6.07, 6.45) is 0. The molecule has 0 aliphatic carbocycles. The van der Waals surface area contributed by atoms with Crippen LogP contribution in [0, 0.1) is 6.92 Å². The van der Waals surface area contributed by atoms with Gasteiger partial charge >= 0.3 is 7.60 Å². The Kier molecular flexibility index (Phi) is 6.05. The summed E-state index contributed by atoms with van der Waals surface area (Å²) in [6, 6.07) is 12.8. The summed E-state index contributed by atoms with van der Waals surface area (Å²) in [6.45, 7) is 5.93. The Labute approximate surface area is 180 Å². The third-order valence-electron chi connectivity index (χ3n) is 4.95. The normalized spacial score (nSPS) is 14.0. The second-order valence-electron chi connectivity index (χ2n) is 7.13. The molecule has 1 atom stereocenters. The molecule has 0 fully saturated rings. The first kappa shape index (κ1) is 21.4. The monoisotopic (exact) mass is 444 g/mol. The average molecular weight is 444 g/mol. The standard InChI is InChI=1S/C22H25N2O6P/c1-4-29-31(26,30-5-2)22(23-16-8-6-14(3)7-9-16)17-10-15-11-19-20(28-13-27-19)12-18(15)24-21(17)25/h6-12,22-23H,4-5,13H2,1-3H3,(H,24,25). The molecule has 0 amide bonds. The zero-order valence-electron chi connectivity index (χ0n) is 17.6. The van der Waals surface area contributed by atoms with E-state index >= 15 is 0 Å². The summed E-state index contributed by atoms with van der Waals surface area (Å²) in [7, 11) is -3.74. The highest BCUT2D eigenvalue weighted by Gasteiger charge is 2.39. The minimum atomic E-state index is -3.74. The molecule has 4 rings (SSSR count). The van der Waals surface area contributed by atoms with Crippen molar-refractivity contribution in [3.05, 3.63) is 63.9 Å². The van der Waals surface area contributed by atoms with Gasteiger partial charge in [0.15, 0.2) is 17.3 Å². The molecule has 2 N–H and O–H groups in total. The molecule has 31 heavy (non-hydrogen) atoms. The number of ether oxygens (including phenoxy) is 2. The highest BCUT2D eigenvalue weighted by atomic mass is 31.2. The van der Waals surface area contributed by atoms with Gasteiger partial charge in [0.2, 0.25) is 6.79 Å². The van der Waals surface area contributed by atoms with Gasteiger partial charge in [-0.2, -0.15) is 0 Å². The fourth-order valence-corrected chi connectivity index (χ4v) is 5.43. The number of fused-ring (bicyclic) bond motifs is 2. The number of anilines is 1. The lowest BCUT2D eigenvalue weighted by Crippen LogP contribution is -2.23. The number of benzene rings is 2. The van der Waals surface area contributed by atoms with Gasteiger partial charge in [0.25, 0.3) is 5.56 Å². The second kappa shape index (κ2) is 8.75. The van der Waals surface area contributed by atoms with E-state index in [1.165, 1.54) is 0 Å². The molecule has 0 saturated carbocycles. The summed E-state index contributed by atoms with van der Waals surface area (Å²) >= 11 is 0. The number of pyridine rings is 1. The van der Waals surface area contributed by atoms with Gasteiger partial charge in [-0.05, 0) is 45.0 Å². The third kappa shape index (κ3) is 4.32. The van der Waals surface area contributed by atoms with Crippen LogP contribution in [0.1, 0.15) is 30.8 Å². The second-order valence-corrected chi connectivity index (χ2v) is 9.25. The minimum absolute atomic E-state index is 0.129. The first-order chi connectivity index (χ1) is 14.9. The van der Waals surface area contributed by atoms with Crippen LogP contribution in [0.5, 0.6) is 11.5 Å². The quantitative estimate of drug-likeness (QED) is 0.475. The zero-order chi connectivity index (χ0) is 22.0. The molecular weight excluding hydrogens is 419 g/mol. The molecule has 1 unspecified atom stereocenters. The fourth-order valence-electron chi connectivity index (χ4n) is 3.50. The fraction of sp³-hybridized carbons (Fsp3) is 0.318. The first-order valence-electron chi connectivity index (χ1n) is 10.1. The number of aryl methyl sites for hydroxylation is 1. The largest absolute Gasteiger partial charge is 0.454 e. The molecule has 1 aromatic heterocycles. The number of H-pyrrole nitrogens is 1. The summed E-state index contributed by atoms with van der Waals surface area (Å²) in [5.41, 5.74) is 2.22. The summed E-state index contributed by atoms with van der Waals surface area (Å²) < 4.78 is 35.8. The van der Waals surface area contributed by atoms with E-state index < -0.39 is 18.9 Å². The molecule has 0 bridgehead atoms. The van der Waals surface area contributed by atoms with E-state index in [1.54, 1.807) is 32.0 Å². The van der Waals surface area contributed by atoms with Crippen molar-refractivity contribution >= 4 is 24.2 Å². The topological polar surface area (TPSA) is 98.9 Å². The van der Waals surface area contributed by atoms with Crippen LogP contribution >= 0.6 is 7.60 Å². The predicted octanol–water partition coefficient (Wildman–Crippen LogP) is 4.94. The van der Waals surface area contributed by atoms with Crippen molar-refractivity contribution in [2.75, 3.05) is 25.3 Å². The van der Waals surface area contributed by atoms with Crippen molar-refractivity contribution in [2.24, 2.45) is 0 Å². The van der Waals surface area contributed by atoms with Crippen LogP contribution in [-0.2, 0) is 13.6 Å². The van der Waals surface area contributed by atoms with Crippen molar-refractivity contribution in [3.8, 4) is 11.5 Å². The Morgan fingerprint density at radius 3 is 2.35 bits per heavy atom. The lowest BCUT2D eigenvalue weighted by atomic mass is 10.1. The van der Waals surface area contributed by atoms with Crippen molar-refractivity contribution in [3.63, 3.8) is 0 Å². The molecule has 0 saturated heterocycles. The summed E-state index contributed by atoms with van der Waals surface area (Å²) in [4.78, 5) is 15.9. The smallest absolute Gasteiger partial charge is 0.357 e. The van der Waals surface area contributed by atoms with Gasteiger partial charge in [0.1, 0.15) is 0 Å². The van der Waals surface area contributed by atoms with Crippen molar-refractivity contribution in [1.82, 2.24) is 4.98 Å². The molecule has 0 radical (unpaired) electrons. The first-order valence-corrected chi connectivity index (χ1v) is 11.7. The van der Waals surface area contributed by atoms with Crippen LogP contribution in [0.2, 0.25) is 0 Å². The molecule has 8 nitrogen and oxygen atoms in total. The van der Waals surface area contributed by atoms with E-state index in [2.05, 4.69) is 10.3 Å². The number of aromatic nitrogens is 1. The molecule has 2 aromatic carbocycles. The van der Waals surface area contributed by atoms with Crippen LogP contribution in [0.15, 0.2) is 47.3 Å². The highest BCUT2D eigenvalue weighted by Crippen LogP contribution is 2.60. The van der Waals surface area contributed by atoms with E-state index in [-0.39, 0.29) is 25.6 Å². The Morgan fingerprint density at radius 1 is 1.06 bits per heavy atom. The molecule has 9 heteroatoms. The lowest BCUT2D eigenvalue weighted by Gasteiger charge is -2.28.